The van der Waals surface area contributed by atoms with Gasteiger partial charge in [-0.15, -0.1) is 0 Å². The highest BCUT2D eigenvalue weighted by Crippen LogP contribution is 2.22. The monoisotopic (exact) mass is 338 g/mol. The minimum Gasteiger partial charge on any atom is -0.444 e. The first-order valence-electron chi connectivity index (χ1n) is 8.07. The van der Waals surface area contributed by atoms with Gasteiger partial charge in [-0.25, -0.2) is 9.78 Å². The van der Waals surface area contributed by atoms with Crippen LogP contribution in [0.5, 0.6) is 0 Å². The molecule has 2 heterocycles. The number of nitrogens with zero attached hydrogens (tertiary/aromatic N) is 2. The van der Waals surface area contributed by atoms with Gasteiger partial charge in [-0.2, -0.15) is 0 Å². The van der Waals surface area contributed by atoms with Gasteiger partial charge in [-0.3, -0.25) is 4.21 Å². The zero-order valence-corrected chi connectivity index (χ0v) is 15.2. The lowest BCUT2D eigenvalue weighted by molar-refractivity contribution is 0.0125. The molecule has 1 aliphatic heterocycles. The van der Waals surface area contributed by atoms with E-state index >= 15 is 0 Å². The predicted molar refractivity (Wildman–Crippen MR) is 90.8 cm³/mol. The lowest BCUT2D eigenvalue weighted by Gasteiger charge is -2.36. The summed E-state index contributed by atoms with van der Waals surface area (Å²) in [6.07, 6.45) is 4.28. The van der Waals surface area contributed by atoms with Crippen LogP contribution in [0.3, 0.4) is 0 Å². The van der Waals surface area contributed by atoms with Crippen molar-refractivity contribution in [3.63, 3.8) is 0 Å². The van der Waals surface area contributed by atoms with Crippen molar-refractivity contribution < 1.29 is 13.7 Å². The molecule has 2 atom stereocenters. The Morgan fingerprint density at radius 3 is 2.74 bits per heavy atom. The summed E-state index contributed by atoms with van der Waals surface area (Å²) in [6, 6.07) is 3.65. The largest absolute Gasteiger partial charge is 0.444 e. The van der Waals surface area contributed by atoms with Gasteiger partial charge in [0.15, 0.2) is 0 Å². The summed E-state index contributed by atoms with van der Waals surface area (Å²) in [7, 11) is -1.21. The molecule has 0 bridgehead atoms. The van der Waals surface area contributed by atoms with E-state index in [-0.39, 0.29) is 12.1 Å². The first-order chi connectivity index (χ1) is 10.8. The molecule has 1 aliphatic rings. The van der Waals surface area contributed by atoms with Crippen molar-refractivity contribution in [2.75, 3.05) is 12.3 Å². The number of hydrogen-bond donors (Lipinski definition) is 0. The molecule has 2 rings (SSSR count). The standard InChI is InChI=1S/C17H26N2O3S/c1-13-8-9-15(18-11-13)23(21)12-14-7-5-6-10-19(14)16(20)22-17(2,3)4/h8-9,11,14H,5-7,10,12H2,1-4H3/t14-,23+/m0/s1. The zero-order valence-electron chi connectivity index (χ0n) is 14.4. The molecule has 1 amide bonds. The normalized spacial score (nSPS) is 20.2. The number of rotatable bonds is 3. The number of carbonyl (C=O) groups excluding carboxylic acids is 1. The second-order valence-electron chi connectivity index (χ2n) is 7.01. The fourth-order valence-corrected chi connectivity index (χ4v) is 3.84. The number of aromatic nitrogens is 1. The maximum absolute atomic E-state index is 12.5. The van der Waals surface area contributed by atoms with Gasteiger partial charge in [-0.05, 0) is 58.6 Å². The highest BCUT2D eigenvalue weighted by atomic mass is 32.2. The smallest absolute Gasteiger partial charge is 0.410 e. The maximum atomic E-state index is 12.5. The highest BCUT2D eigenvalue weighted by Gasteiger charge is 2.31. The molecule has 1 aromatic rings. The van der Waals surface area contributed by atoms with Crippen LogP contribution in [0.25, 0.3) is 0 Å². The Hall–Kier alpha value is -1.43. The highest BCUT2D eigenvalue weighted by molar-refractivity contribution is 7.85. The molecule has 0 aliphatic carbocycles. The van der Waals surface area contributed by atoms with Crippen LogP contribution >= 0.6 is 0 Å². The molecule has 0 radical (unpaired) electrons. The Balaban J connectivity index is 2.04. The molecule has 0 spiro atoms. The Bertz CT molecular complexity index is 566. The molecule has 0 unspecified atom stereocenters. The van der Waals surface area contributed by atoms with E-state index in [0.717, 1.165) is 24.8 Å². The van der Waals surface area contributed by atoms with Crippen LogP contribution in [0.15, 0.2) is 23.4 Å². The summed E-state index contributed by atoms with van der Waals surface area (Å²) < 4.78 is 18.0. The molecule has 0 saturated carbocycles. The van der Waals surface area contributed by atoms with Gasteiger partial charge in [-0.1, -0.05) is 6.07 Å². The summed E-state index contributed by atoms with van der Waals surface area (Å²) in [4.78, 5) is 18.4. The van der Waals surface area contributed by atoms with Gasteiger partial charge >= 0.3 is 6.09 Å². The fourth-order valence-electron chi connectivity index (χ4n) is 2.58. The molecule has 6 heteroatoms. The number of likely N-dealkylation sites (tertiary alicyclic amines) is 1. The molecule has 1 fully saturated rings. The van der Waals surface area contributed by atoms with Crippen molar-refractivity contribution in [1.82, 2.24) is 9.88 Å². The number of amides is 1. The Labute approximate surface area is 140 Å². The van der Waals surface area contributed by atoms with Crippen molar-refractivity contribution in [2.45, 2.75) is 63.6 Å². The second-order valence-corrected chi connectivity index (χ2v) is 8.45. The van der Waals surface area contributed by atoms with Crippen LogP contribution in [-0.4, -0.2) is 44.1 Å². The van der Waals surface area contributed by atoms with E-state index in [1.165, 1.54) is 0 Å². The Kier molecular flexibility index (Phi) is 5.79. The quantitative estimate of drug-likeness (QED) is 0.848. The van der Waals surface area contributed by atoms with Crippen molar-refractivity contribution in [3.8, 4) is 0 Å². The maximum Gasteiger partial charge on any atom is 0.410 e. The average Bonchev–Trinajstić information content (AvgIpc) is 2.46. The van der Waals surface area contributed by atoms with Crippen LogP contribution in [0, 0.1) is 6.92 Å². The number of hydrogen-bond acceptors (Lipinski definition) is 4. The number of piperidine rings is 1. The minimum absolute atomic E-state index is 0.0532. The van der Waals surface area contributed by atoms with Crippen LogP contribution in [0.2, 0.25) is 0 Å². The molecular formula is C17H26N2O3S. The van der Waals surface area contributed by atoms with Crippen LogP contribution in [0.4, 0.5) is 4.79 Å². The van der Waals surface area contributed by atoms with Crippen LogP contribution in [0.1, 0.15) is 45.6 Å². The topological polar surface area (TPSA) is 59.5 Å². The van der Waals surface area contributed by atoms with Gasteiger partial charge in [0.05, 0.1) is 16.6 Å². The number of pyridine rings is 1. The van der Waals surface area contributed by atoms with Gasteiger partial charge in [0.25, 0.3) is 0 Å². The second kappa shape index (κ2) is 7.43. The summed E-state index contributed by atoms with van der Waals surface area (Å²) in [5.74, 6) is 0.412. The van der Waals surface area contributed by atoms with Gasteiger partial charge < -0.3 is 9.64 Å². The van der Waals surface area contributed by atoms with E-state index in [9.17, 15) is 9.00 Å². The number of carbonyl (C=O) groups is 1. The number of aryl methyl sites for hydroxylation is 1. The first-order valence-corrected chi connectivity index (χ1v) is 9.39. The summed E-state index contributed by atoms with van der Waals surface area (Å²) in [6.45, 7) is 8.19. The third kappa shape index (κ3) is 5.30. The van der Waals surface area contributed by atoms with Gasteiger partial charge in [0, 0.05) is 18.8 Å². The number of ether oxygens (including phenoxy) is 1. The van der Waals surface area contributed by atoms with E-state index < -0.39 is 16.4 Å². The van der Waals surface area contributed by atoms with Crippen molar-refractivity contribution in [2.24, 2.45) is 0 Å². The van der Waals surface area contributed by atoms with Crippen LogP contribution < -0.4 is 0 Å². The SMILES string of the molecule is Cc1ccc([S@](=O)C[C@@H]2CCCCN2C(=O)OC(C)(C)C)nc1. The predicted octanol–water partition coefficient (Wildman–Crippen LogP) is 3.29. The zero-order chi connectivity index (χ0) is 17.0. The molecule has 128 valence electrons. The van der Waals surface area contributed by atoms with E-state index in [4.69, 9.17) is 4.74 Å². The third-order valence-electron chi connectivity index (χ3n) is 3.72. The molecule has 1 saturated heterocycles. The molecule has 0 N–H and O–H groups in total. The molecule has 0 aromatic carbocycles. The van der Waals surface area contributed by atoms with Gasteiger partial charge in [0.1, 0.15) is 10.6 Å². The first kappa shape index (κ1) is 17.9. The minimum atomic E-state index is -1.21. The van der Waals surface area contributed by atoms with Gasteiger partial charge in [0.2, 0.25) is 0 Å². The van der Waals surface area contributed by atoms with E-state index in [1.54, 1.807) is 17.2 Å². The van der Waals surface area contributed by atoms with Crippen LogP contribution in [-0.2, 0) is 15.5 Å². The fraction of sp³-hybridized carbons (Fsp3) is 0.647. The van der Waals surface area contributed by atoms with E-state index in [1.807, 2.05) is 33.8 Å². The summed E-state index contributed by atoms with van der Waals surface area (Å²) in [5, 5.41) is 0.574. The Morgan fingerprint density at radius 1 is 1.39 bits per heavy atom. The average molecular weight is 338 g/mol. The lowest BCUT2D eigenvalue weighted by Crippen LogP contribution is -2.48. The van der Waals surface area contributed by atoms with Crippen molar-refractivity contribution >= 4 is 16.9 Å². The molecular weight excluding hydrogens is 312 g/mol. The summed E-state index contributed by atoms with van der Waals surface area (Å²) >= 11 is 0. The van der Waals surface area contributed by atoms with Crippen molar-refractivity contribution in [1.29, 1.82) is 0 Å². The third-order valence-corrected chi connectivity index (χ3v) is 5.11. The van der Waals surface area contributed by atoms with E-state index in [0.29, 0.717) is 17.3 Å². The van der Waals surface area contributed by atoms with Crippen molar-refractivity contribution in [3.05, 3.63) is 23.9 Å². The Morgan fingerprint density at radius 2 is 2.13 bits per heavy atom. The molecule has 1 aromatic heterocycles. The lowest BCUT2D eigenvalue weighted by atomic mass is 10.0. The molecule has 23 heavy (non-hydrogen) atoms. The van der Waals surface area contributed by atoms with E-state index in [2.05, 4.69) is 4.98 Å². The summed E-state index contributed by atoms with van der Waals surface area (Å²) in [5.41, 5.74) is 0.523. The molecule has 5 nitrogen and oxygen atoms in total.